The molecule has 33 heavy (non-hydrogen) atoms. The highest BCUT2D eigenvalue weighted by Gasteiger charge is 2.22. The van der Waals surface area contributed by atoms with Gasteiger partial charge in [-0.05, 0) is 38.0 Å². The van der Waals surface area contributed by atoms with E-state index >= 15 is 0 Å². The lowest BCUT2D eigenvalue weighted by Crippen LogP contribution is -2.34. The molecule has 3 heterocycles. The quantitative estimate of drug-likeness (QED) is 0.375. The molecule has 0 amide bonds. The minimum atomic E-state index is -0.652. The largest absolute Gasteiger partial charge is 0.482 e. The van der Waals surface area contributed by atoms with E-state index in [0.29, 0.717) is 22.9 Å². The summed E-state index contributed by atoms with van der Waals surface area (Å²) < 4.78 is 21.9. The minimum absolute atomic E-state index is 0.0835. The van der Waals surface area contributed by atoms with Crippen LogP contribution in [0.15, 0.2) is 36.8 Å². The number of nitrogens with two attached hydrogens (primary N) is 1. The molecule has 172 valence electrons. The SMILES string of the molecule is CC(Oc1cc(-c2cnn(C3CCN(CC#N)CC3)c2)cnc1N)c1c(Cl)ccc(F)c1Cl. The number of hydrogen-bond acceptors (Lipinski definition) is 6. The van der Waals surface area contributed by atoms with E-state index in [1.165, 1.54) is 12.1 Å². The van der Waals surface area contributed by atoms with Gasteiger partial charge in [-0.3, -0.25) is 9.58 Å². The first-order valence-electron chi connectivity index (χ1n) is 10.6. The summed E-state index contributed by atoms with van der Waals surface area (Å²) in [6, 6.07) is 6.91. The highest BCUT2D eigenvalue weighted by atomic mass is 35.5. The number of pyridine rings is 1. The number of likely N-dealkylation sites (tertiary alicyclic amines) is 1. The Morgan fingerprint density at radius 3 is 2.76 bits per heavy atom. The van der Waals surface area contributed by atoms with E-state index in [1.807, 2.05) is 10.9 Å². The molecule has 7 nitrogen and oxygen atoms in total. The Bertz CT molecular complexity index is 1190. The number of hydrogen-bond donors (Lipinski definition) is 1. The second-order valence-electron chi connectivity index (χ2n) is 8.00. The van der Waals surface area contributed by atoms with Gasteiger partial charge in [0.25, 0.3) is 0 Å². The Balaban J connectivity index is 1.52. The molecule has 0 saturated carbocycles. The summed E-state index contributed by atoms with van der Waals surface area (Å²) in [5.74, 6) is -0.0299. The zero-order chi connectivity index (χ0) is 23.5. The van der Waals surface area contributed by atoms with E-state index in [2.05, 4.69) is 21.1 Å². The maximum absolute atomic E-state index is 13.9. The van der Waals surface area contributed by atoms with Gasteiger partial charge in [-0.2, -0.15) is 10.4 Å². The first-order valence-corrected chi connectivity index (χ1v) is 11.3. The fourth-order valence-corrected chi connectivity index (χ4v) is 4.68. The maximum atomic E-state index is 13.9. The minimum Gasteiger partial charge on any atom is -0.482 e. The summed E-state index contributed by atoms with van der Waals surface area (Å²) >= 11 is 12.3. The standard InChI is InChI=1S/C23H23Cl2FN6O/c1-14(21-18(24)2-3-19(26)22(21)25)33-20-10-15(11-29-23(20)28)16-12-30-32(13-16)17-4-7-31(8-5-17)9-6-27/h2-3,10-14,17H,4-5,7-9H2,1H3,(H2,28,29). The Kier molecular flexibility index (Phi) is 7.03. The number of halogens is 3. The van der Waals surface area contributed by atoms with Crippen LogP contribution in [0, 0.1) is 17.1 Å². The van der Waals surface area contributed by atoms with Crippen LogP contribution < -0.4 is 10.5 Å². The molecule has 1 saturated heterocycles. The van der Waals surface area contributed by atoms with Crippen LogP contribution in [-0.4, -0.2) is 39.3 Å². The Labute approximate surface area is 201 Å². The highest BCUT2D eigenvalue weighted by molar-refractivity contribution is 6.36. The number of ether oxygens (including phenoxy) is 1. The predicted octanol–water partition coefficient (Wildman–Crippen LogP) is 5.27. The maximum Gasteiger partial charge on any atom is 0.166 e. The molecule has 0 spiro atoms. The van der Waals surface area contributed by atoms with Crippen molar-refractivity contribution in [1.82, 2.24) is 19.7 Å². The molecule has 2 aromatic heterocycles. The van der Waals surface area contributed by atoms with Crippen LogP contribution in [0.25, 0.3) is 11.1 Å². The zero-order valence-electron chi connectivity index (χ0n) is 18.0. The molecule has 0 bridgehead atoms. The molecule has 1 fully saturated rings. The highest BCUT2D eigenvalue weighted by Crippen LogP contribution is 2.37. The average molecular weight is 489 g/mol. The van der Waals surface area contributed by atoms with Gasteiger partial charge in [0.15, 0.2) is 11.6 Å². The fraction of sp³-hybridized carbons (Fsp3) is 0.348. The molecule has 0 aliphatic carbocycles. The predicted molar refractivity (Wildman–Crippen MR) is 126 cm³/mol. The van der Waals surface area contributed by atoms with E-state index in [9.17, 15) is 4.39 Å². The van der Waals surface area contributed by atoms with Gasteiger partial charge in [0.05, 0.1) is 29.9 Å². The molecule has 1 atom stereocenters. The lowest BCUT2D eigenvalue weighted by Gasteiger charge is -2.30. The molecule has 10 heteroatoms. The van der Waals surface area contributed by atoms with Gasteiger partial charge in [-0.1, -0.05) is 23.2 Å². The second-order valence-corrected chi connectivity index (χ2v) is 8.78. The van der Waals surface area contributed by atoms with Crippen LogP contribution in [0.3, 0.4) is 0 Å². The van der Waals surface area contributed by atoms with E-state index in [1.54, 1.807) is 25.4 Å². The summed E-state index contributed by atoms with van der Waals surface area (Å²) in [5.41, 5.74) is 8.05. The molecule has 1 aliphatic rings. The Morgan fingerprint density at radius 2 is 2.03 bits per heavy atom. The molecule has 4 rings (SSSR count). The van der Waals surface area contributed by atoms with Crippen LogP contribution in [0.5, 0.6) is 5.75 Å². The Morgan fingerprint density at radius 1 is 1.27 bits per heavy atom. The number of nitrogen functional groups attached to an aromatic ring is 1. The number of anilines is 1. The van der Waals surface area contributed by atoms with Crippen molar-refractivity contribution in [2.75, 3.05) is 25.4 Å². The van der Waals surface area contributed by atoms with Crippen molar-refractivity contribution in [2.45, 2.75) is 31.9 Å². The van der Waals surface area contributed by atoms with Crippen molar-refractivity contribution >= 4 is 29.0 Å². The monoisotopic (exact) mass is 488 g/mol. The van der Waals surface area contributed by atoms with Gasteiger partial charge < -0.3 is 10.5 Å². The number of piperidine rings is 1. The van der Waals surface area contributed by atoms with E-state index < -0.39 is 11.9 Å². The van der Waals surface area contributed by atoms with Crippen molar-refractivity contribution in [3.05, 3.63) is 58.2 Å². The Hall–Kier alpha value is -2.86. The molecule has 0 radical (unpaired) electrons. The van der Waals surface area contributed by atoms with Crippen LogP contribution in [-0.2, 0) is 0 Å². The summed E-state index contributed by atoms with van der Waals surface area (Å²) in [5, 5.41) is 13.6. The van der Waals surface area contributed by atoms with Crippen molar-refractivity contribution in [2.24, 2.45) is 0 Å². The van der Waals surface area contributed by atoms with Gasteiger partial charge in [0.2, 0.25) is 0 Å². The number of rotatable bonds is 6. The molecule has 1 unspecified atom stereocenters. The lowest BCUT2D eigenvalue weighted by atomic mass is 10.1. The molecule has 3 aromatic rings. The molecule has 2 N–H and O–H groups in total. The smallest absolute Gasteiger partial charge is 0.166 e. The number of benzene rings is 1. The third kappa shape index (κ3) is 5.06. The van der Waals surface area contributed by atoms with Gasteiger partial charge in [0, 0.05) is 47.2 Å². The van der Waals surface area contributed by atoms with Crippen molar-refractivity contribution in [3.63, 3.8) is 0 Å². The number of aromatic nitrogens is 3. The lowest BCUT2D eigenvalue weighted by molar-refractivity contribution is 0.197. The molecular formula is C23H23Cl2FN6O. The second kappa shape index (κ2) is 9.96. The van der Waals surface area contributed by atoms with E-state index in [0.717, 1.165) is 37.1 Å². The van der Waals surface area contributed by atoms with E-state index in [4.69, 9.17) is 38.9 Å². The number of nitriles is 1. The third-order valence-corrected chi connectivity index (χ3v) is 6.55. The van der Waals surface area contributed by atoms with Crippen molar-refractivity contribution < 1.29 is 9.13 Å². The van der Waals surface area contributed by atoms with Crippen LogP contribution in [0.4, 0.5) is 10.2 Å². The summed E-state index contributed by atoms with van der Waals surface area (Å²) in [7, 11) is 0. The van der Waals surface area contributed by atoms with Crippen LogP contribution in [0.2, 0.25) is 10.0 Å². The number of nitrogens with zero attached hydrogens (tertiary/aromatic N) is 5. The summed E-state index contributed by atoms with van der Waals surface area (Å²) in [6.45, 7) is 3.92. The van der Waals surface area contributed by atoms with Gasteiger partial charge >= 0.3 is 0 Å². The topological polar surface area (TPSA) is 93.0 Å². The van der Waals surface area contributed by atoms with Gasteiger partial charge in [-0.25, -0.2) is 9.37 Å². The molecule has 1 aromatic carbocycles. The van der Waals surface area contributed by atoms with Gasteiger partial charge in [0.1, 0.15) is 11.9 Å². The third-order valence-electron chi connectivity index (χ3n) is 5.83. The fourth-order valence-electron chi connectivity index (χ4n) is 4.00. The summed E-state index contributed by atoms with van der Waals surface area (Å²) in [4.78, 5) is 6.40. The molecule has 1 aliphatic heterocycles. The zero-order valence-corrected chi connectivity index (χ0v) is 19.5. The van der Waals surface area contributed by atoms with Crippen molar-refractivity contribution in [1.29, 1.82) is 5.26 Å². The first kappa shape index (κ1) is 23.3. The average Bonchev–Trinajstić information content (AvgIpc) is 3.29. The van der Waals surface area contributed by atoms with Crippen molar-refractivity contribution in [3.8, 4) is 22.9 Å². The van der Waals surface area contributed by atoms with Gasteiger partial charge in [-0.15, -0.1) is 0 Å². The van der Waals surface area contributed by atoms with Crippen LogP contribution in [0.1, 0.15) is 37.5 Å². The molecular weight excluding hydrogens is 466 g/mol. The van der Waals surface area contributed by atoms with E-state index in [-0.39, 0.29) is 16.9 Å². The summed E-state index contributed by atoms with van der Waals surface area (Å²) in [6.07, 6.45) is 6.63. The first-order chi connectivity index (χ1) is 15.9. The van der Waals surface area contributed by atoms with Crippen LogP contribution >= 0.6 is 23.2 Å². The normalized spacial score (nSPS) is 15.8.